The molecule has 7 heteroatoms. The molecule has 1 fully saturated rings. The number of nitrogens with one attached hydrogen (secondary N) is 2. The number of unbranched alkanes of at least 4 members (excludes halogenated alkanes) is 1. The largest absolute Gasteiger partial charge is 0.481 e. The van der Waals surface area contributed by atoms with Gasteiger partial charge in [0.05, 0.1) is 19.8 Å². The summed E-state index contributed by atoms with van der Waals surface area (Å²) in [4.78, 5) is 13.0. The van der Waals surface area contributed by atoms with Crippen LogP contribution in [-0.4, -0.2) is 87.7 Å². The quantitative estimate of drug-likeness (QED) is 0.332. The Kier molecular flexibility index (Phi) is 14.7. The Morgan fingerprint density at radius 3 is 2.50 bits per heavy atom. The van der Waals surface area contributed by atoms with E-state index >= 15 is 0 Å². The summed E-state index contributed by atoms with van der Waals surface area (Å²) in [6, 6.07) is 0.672. The van der Waals surface area contributed by atoms with Gasteiger partial charge in [-0.2, -0.15) is 0 Å². The summed E-state index contributed by atoms with van der Waals surface area (Å²) >= 11 is 0. The van der Waals surface area contributed by atoms with Crippen LogP contribution in [-0.2, 0) is 14.3 Å². The van der Waals surface area contributed by atoms with Crippen LogP contribution in [0.15, 0.2) is 0 Å². The first kappa shape index (κ1) is 23.3. The Labute approximate surface area is 158 Å². The summed E-state index contributed by atoms with van der Waals surface area (Å²) in [5, 5.41) is 15.4. The number of carboxylic acids is 1. The van der Waals surface area contributed by atoms with Crippen LogP contribution in [0.1, 0.15) is 45.4 Å². The molecule has 3 N–H and O–H groups in total. The lowest BCUT2D eigenvalue weighted by Crippen LogP contribution is -2.45. The van der Waals surface area contributed by atoms with Crippen molar-refractivity contribution < 1.29 is 19.4 Å². The number of carboxylic acid groups (broad SMARTS) is 1. The molecule has 0 aliphatic carbocycles. The highest BCUT2D eigenvalue weighted by molar-refractivity contribution is 5.66. The maximum atomic E-state index is 10.4. The maximum absolute atomic E-state index is 10.4. The molecular formula is C19H39N3O4. The van der Waals surface area contributed by atoms with Gasteiger partial charge in [0.25, 0.3) is 0 Å². The van der Waals surface area contributed by atoms with Crippen LogP contribution in [0.5, 0.6) is 0 Å². The fourth-order valence-electron chi connectivity index (χ4n) is 3.22. The van der Waals surface area contributed by atoms with Crippen molar-refractivity contribution in [2.45, 2.75) is 51.5 Å². The first-order valence-electron chi connectivity index (χ1n) is 10.3. The summed E-state index contributed by atoms with van der Waals surface area (Å²) in [6.45, 7) is 11.0. The van der Waals surface area contributed by atoms with Crippen molar-refractivity contribution >= 4 is 5.97 Å². The van der Waals surface area contributed by atoms with Gasteiger partial charge in [-0.1, -0.05) is 6.92 Å². The lowest BCUT2D eigenvalue weighted by molar-refractivity contribution is -0.137. The number of hydrogen-bond acceptors (Lipinski definition) is 6. The van der Waals surface area contributed by atoms with E-state index in [9.17, 15) is 4.79 Å². The number of aliphatic carboxylic acids is 1. The molecule has 0 spiro atoms. The minimum atomic E-state index is -0.770. The van der Waals surface area contributed by atoms with Crippen molar-refractivity contribution in [1.82, 2.24) is 15.5 Å². The van der Waals surface area contributed by atoms with E-state index in [4.69, 9.17) is 14.6 Å². The zero-order valence-corrected chi connectivity index (χ0v) is 16.5. The van der Waals surface area contributed by atoms with Crippen molar-refractivity contribution in [3.8, 4) is 0 Å². The molecule has 1 rings (SSSR count). The average molecular weight is 374 g/mol. The van der Waals surface area contributed by atoms with Gasteiger partial charge in [-0.3, -0.25) is 9.69 Å². The predicted molar refractivity (Wildman–Crippen MR) is 104 cm³/mol. The predicted octanol–water partition coefficient (Wildman–Crippen LogP) is 1.33. The van der Waals surface area contributed by atoms with Gasteiger partial charge in [-0.15, -0.1) is 0 Å². The molecule has 0 saturated carbocycles. The Morgan fingerprint density at radius 2 is 1.81 bits per heavy atom. The smallest absolute Gasteiger partial charge is 0.303 e. The van der Waals surface area contributed by atoms with Gasteiger partial charge in [0.2, 0.25) is 0 Å². The van der Waals surface area contributed by atoms with E-state index in [1.165, 1.54) is 25.7 Å². The number of nitrogens with zero attached hydrogens (tertiary/aromatic N) is 1. The average Bonchev–Trinajstić information content (AvgIpc) is 2.65. The van der Waals surface area contributed by atoms with Crippen molar-refractivity contribution in [3.05, 3.63) is 0 Å². The van der Waals surface area contributed by atoms with Crippen molar-refractivity contribution in [3.63, 3.8) is 0 Å². The Balaban J connectivity index is 2.10. The third-order valence-electron chi connectivity index (χ3n) is 4.70. The first-order chi connectivity index (χ1) is 12.7. The molecular weight excluding hydrogens is 334 g/mol. The van der Waals surface area contributed by atoms with E-state index < -0.39 is 5.97 Å². The molecule has 0 unspecified atom stereocenters. The standard InChI is InChI=1S/C19H39N3O4/c1-2-20-9-3-4-12-22(18-7-10-21-11-8-18)13-15-26-17-16-25-14-5-6-19(23)24/h18,20-21H,2-17H2,1H3,(H,23,24). The third kappa shape index (κ3) is 12.6. The van der Waals surface area contributed by atoms with Gasteiger partial charge in [0, 0.05) is 25.6 Å². The molecule has 1 aliphatic rings. The lowest BCUT2D eigenvalue weighted by atomic mass is 10.0. The summed E-state index contributed by atoms with van der Waals surface area (Å²) in [6.07, 6.45) is 5.62. The first-order valence-corrected chi connectivity index (χ1v) is 10.3. The van der Waals surface area contributed by atoms with Crippen LogP contribution in [0.25, 0.3) is 0 Å². The normalized spacial score (nSPS) is 15.6. The Hall–Kier alpha value is -0.730. The molecule has 0 aromatic heterocycles. The second kappa shape index (κ2) is 16.4. The van der Waals surface area contributed by atoms with Crippen molar-refractivity contribution in [2.24, 2.45) is 0 Å². The van der Waals surface area contributed by atoms with Gasteiger partial charge in [-0.05, 0) is 64.8 Å². The molecule has 1 saturated heterocycles. The van der Waals surface area contributed by atoms with Crippen LogP contribution in [0.3, 0.4) is 0 Å². The second-order valence-electron chi connectivity index (χ2n) is 6.80. The van der Waals surface area contributed by atoms with Crippen LogP contribution < -0.4 is 10.6 Å². The highest BCUT2D eigenvalue weighted by Gasteiger charge is 2.20. The van der Waals surface area contributed by atoms with Gasteiger partial charge in [-0.25, -0.2) is 0 Å². The Bertz CT molecular complexity index is 339. The molecule has 0 aromatic rings. The van der Waals surface area contributed by atoms with Crippen LogP contribution in [0, 0.1) is 0 Å². The number of ether oxygens (including phenoxy) is 2. The molecule has 0 atom stereocenters. The molecule has 26 heavy (non-hydrogen) atoms. The van der Waals surface area contributed by atoms with Crippen molar-refractivity contribution in [2.75, 3.05) is 65.7 Å². The molecule has 1 heterocycles. The molecule has 1 aliphatic heterocycles. The van der Waals surface area contributed by atoms with Gasteiger partial charge in [0.1, 0.15) is 0 Å². The molecule has 7 nitrogen and oxygen atoms in total. The molecule has 0 radical (unpaired) electrons. The van der Waals surface area contributed by atoms with Gasteiger partial charge in [0.15, 0.2) is 0 Å². The molecule has 0 amide bonds. The molecule has 0 aromatic carbocycles. The number of hydrogen-bond donors (Lipinski definition) is 3. The summed E-state index contributed by atoms with van der Waals surface area (Å²) in [7, 11) is 0. The minimum Gasteiger partial charge on any atom is -0.481 e. The monoisotopic (exact) mass is 373 g/mol. The summed E-state index contributed by atoms with van der Waals surface area (Å²) in [5.41, 5.74) is 0. The Morgan fingerprint density at radius 1 is 1.08 bits per heavy atom. The zero-order valence-electron chi connectivity index (χ0n) is 16.5. The number of carbonyl (C=O) groups is 1. The van der Waals surface area contributed by atoms with E-state index in [0.717, 1.165) is 45.9 Å². The zero-order chi connectivity index (χ0) is 18.9. The summed E-state index contributed by atoms with van der Waals surface area (Å²) < 4.78 is 11.1. The number of piperidine rings is 1. The fourth-order valence-corrected chi connectivity index (χ4v) is 3.22. The van der Waals surface area contributed by atoms with E-state index in [0.29, 0.717) is 32.3 Å². The number of rotatable bonds is 17. The topological polar surface area (TPSA) is 83.1 Å². The highest BCUT2D eigenvalue weighted by Crippen LogP contribution is 2.12. The third-order valence-corrected chi connectivity index (χ3v) is 4.70. The van der Waals surface area contributed by atoms with E-state index in [-0.39, 0.29) is 6.42 Å². The lowest BCUT2D eigenvalue weighted by Gasteiger charge is -2.34. The van der Waals surface area contributed by atoms with Crippen LogP contribution in [0.2, 0.25) is 0 Å². The van der Waals surface area contributed by atoms with E-state index in [2.05, 4.69) is 22.5 Å². The van der Waals surface area contributed by atoms with Crippen LogP contribution in [0.4, 0.5) is 0 Å². The van der Waals surface area contributed by atoms with Gasteiger partial charge >= 0.3 is 5.97 Å². The van der Waals surface area contributed by atoms with Gasteiger partial charge < -0.3 is 25.2 Å². The second-order valence-corrected chi connectivity index (χ2v) is 6.80. The minimum absolute atomic E-state index is 0.167. The maximum Gasteiger partial charge on any atom is 0.303 e. The highest BCUT2D eigenvalue weighted by atomic mass is 16.5. The molecule has 154 valence electrons. The van der Waals surface area contributed by atoms with E-state index in [1.54, 1.807) is 0 Å². The molecule has 0 bridgehead atoms. The van der Waals surface area contributed by atoms with E-state index in [1.807, 2.05) is 0 Å². The SMILES string of the molecule is CCNCCCCN(CCOCCOCCCC(=O)O)C1CCNCC1. The van der Waals surface area contributed by atoms with Crippen molar-refractivity contribution in [1.29, 1.82) is 0 Å². The fraction of sp³-hybridized carbons (Fsp3) is 0.947. The summed E-state index contributed by atoms with van der Waals surface area (Å²) in [5.74, 6) is -0.770. The van der Waals surface area contributed by atoms with Crippen LogP contribution >= 0.6 is 0 Å².